The average molecular weight is 472 g/mol. The van der Waals surface area contributed by atoms with Gasteiger partial charge in [-0.1, -0.05) is 18.5 Å². The molecule has 4 rings (SSSR count). The van der Waals surface area contributed by atoms with E-state index in [-0.39, 0.29) is 16.7 Å². The Morgan fingerprint density at radius 1 is 1.18 bits per heavy atom. The Hall–Kier alpha value is -2.69. The molecule has 2 saturated heterocycles. The first-order valence-electron chi connectivity index (χ1n) is 11.4. The number of piperidine rings is 1. The van der Waals surface area contributed by atoms with Crippen LogP contribution >= 0.6 is 11.6 Å². The molecule has 33 heavy (non-hydrogen) atoms. The van der Waals surface area contributed by atoms with Crippen molar-refractivity contribution >= 4 is 34.8 Å². The van der Waals surface area contributed by atoms with Gasteiger partial charge in [0, 0.05) is 45.3 Å². The lowest BCUT2D eigenvalue weighted by Crippen LogP contribution is -2.52. The first-order valence-corrected chi connectivity index (χ1v) is 11.7. The summed E-state index contributed by atoms with van der Waals surface area (Å²) in [7, 11) is 2.19. The number of pyridine rings is 1. The Labute approximate surface area is 198 Å². The third-order valence-corrected chi connectivity index (χ3v) is 6.74. The summed E-state index contributed by atoms with van der Waals surface area (Å²) in [4.78, 5) is 32.4. The van der Waals surface area contributed by atoms with Crippen LogP contribution in [-0.2, 0) is 6.42 Å². The van der Waals surface area contributed by atoms with E-state index in [1.807, 2.05) is 25.3 Å². The molecule has 0 unspecified atom stereocenters. The molecule has 10 nitrogen and oxygen atoms in total. The number of anilines is 3. The normalized spacial score (nSPS) is 18.3. The molecule has 0 aliphatic carbocycles. The second kappa shape index (κ2) is 10.5. The average Bonchev–Trinajstić information content (AvgIpc) is 2.85. The lowest BCUT2D eigenvalue weighted by Gasteiger charge is -2.42. The highest BCUT2D eigenvalue weighted by molar-refractivity contribution is 6.30. The van der Waals surface area contributed by atoms with E-state index in [9.17, 15) is 4.79 Å². The molecule has 2 aromatic heterocycles. The van der Waals surface area contributed by atoms with Gasteiger partial charge in [0.2, 0.25) is 0 Å². The number of piperazine rings is 1. The molecule has 0 aromatic carbocycles. The Morgan fingerprint density at radius 3 is 2.52 bits per heavy atom. The third-order valence-electron chi connectivity index (χ3n) is 6.44. The van der Waals surface area contributed by atoms with Crippen molar-refractivity contribution in [2.75, 3.05) is 56.5 Å². The maximum atomic E-state index is 12.0. The number of carbonyl (C=O) groups excluding carboxylic acids is 1. The third kappa shape index (κ3) is 5.45. The molecule has 0 bridgehead atoms. The summed E-state index contributed by atoms with van der Waals surface area (Å²) in [6, 6.07) is 4.52. The molecule has 11 heteroatoms. The molecule has 0 radical (unpaired) electrons. The van der Waals surface area contributed by atoms with Gasteiger partial charge in [0.15, 0.2) is 16.7 Å². The second-order valence-corrected chi connectivity index (χ2v) is 8.87. The minimum Gasteiger partial charge on any atom is -0.370 e. The number of nitrogens with zero attached hydrogens (tertiary/aromatic N) is 7. The van der Waals surface area contributed by atoms with Crippen molar-refractivity contribution in [3.05, 3.63) is 34.9 Å². The van der Waals surface area contributed by atoms with Gasteiger partial charge in [0.1, 0.15) is 5.82 Å². The summed E-state index contributed by atoms with van der Waals surface area (Å²) in [6.45, 7) is 8.50. The molecular formula is C22H30ClN9O. The summed E-state index contributed by atoms with van der Waals surface area (Å²) in [6.07, 6.45) is 4.65. The number of likely N-dealkylation sites (N-methyl/N-ethyl adjacent to an activating group) is 1. The summed E-state index contributed by atoms with van der Waals surface area (Å²) in [5, 5.41) is 6.19. The summed E-state index contributed by atoms with van der Waals surface area (Å²) in [5.41, 5.74) is 8.57. The minimum atomic E-state index is -0.781. The largest absolute Gasteiger partial charge is 0.370 e. The quantitative estimate of drug-likeness (QED) is 0.617. The minimum absolute atomic E-state index is 0.0388. The van der Waals surface area contributed by atoms with Gasteiger partial charge in [-0.05, 0) is 38.4 Å². The highest BCUT2D eigenvalue weighted by atomic mass is 35.5. The van der Waals surface area contributed by atoms with Crippen molar-refractivity contribution in [1.29, 1.82) is 5.53 Å². The van der Waals surface area contributed by atoms with E-state index in [4.69, 9.17) is 17.1 Å². The lowest BCUT2D eigenvalue weighted by molar-refractivity contribution is 0.0982. The predicted molar refractivity (Wildman–Crippen MR) is 128 cm³/mol. The van der Waals surface area contributed by atoms with Gasteiger partial charge < -0.3 is 15.1 Å². The first-order chi connectivity index (χ1) is 16.0. The standard InChI is InChI=1S/C22H30ClN9O/c1-3-17-20(23)28-21(19(26-17)22(33)29-24)27-18-5-4-16(14-25-18)31-8-6-15(7-9-31)32-12-10-30(2)11-13-32/h4-5,14-15,24H,3,6-13H2,1-2H3,(H,25,27,28). The number of amides is 1. The smallest absolute Gasteiger partial charge is 0.317 e. The van der Waals surface area contributed by atoms with E-state index in [0.717, 1.165) is 57.8 Å². The van der Waals surface area contributed by atoms with E-state index >= 15 is 0 Å². The monoisotopic (exact) mass is 471 g/mol. The lowest BCUT2D eigenvalue weighted by atomic mass is 10.0. The van der Waals surface area contributed by atoms with Crippen molar-refractivity contribution in [3.8, 4) is 0 Å². The Bertz CT molecular complexity index is 984. The van der Waals surface area contributed by atoms with Crippen LogP contribution < -0.4 is 10.2 Å². The zero-order valence-corrected chi connectivity index (χ0v) is 19.8. The number of hydrogen-bond acceptors (Lipinski definition) is 9. The highest BCUT2D eigenvalue weighted by Crippen LogP contribution is 2.26. The van der Waals surface area contributed by atoms with Crippen LogP contribution in [0.25, 0.3) is 0 Å². The number of hydrogen-bond donors (Lipinski definition) is 2. The van der Waals surface area contributed by atoms with Gasteiger partial charge in [-0.2, -0.15) is 0 Å². The Balaban J connectivity index is 1.40. The van der Waals surface area contributed by atoms with Crippen molar-refractivity contribution in [2.24, 2.45) is 5.11 Å². The van der Waals surface area contributed by atoms with Crippen LogP contribution in [0.5, 0.6) is 0 Å². The number of aromatic nitrogens is 3. The van der Waals surface area contributed by atoms with Crippen LogP contribution in [0.15, 0.2) is 23.4 Å². The maximum absolute atomic E-state index is 12.0. The molecule has 2 aromatic rings. The van der Waals surface area contributed by atoms with Crippen molar-refractivity contribution < 1.29 is 4.79 Å². The number of halogens is 1. The summed E-state index contributed by atoms with van der Waals surface area (Å²) in [5.74, 6) is -0.123. The molecule has 2 aliphatic rings. The van der Waals surface area contributed by atoms with Gasteiger partial charge >= 0.3 is 5.91 Å². The van der Waals surface area contributed by atoms with Crippen LogP contribution in [0.1, 0.15) is 35.9 Å². The van der Waals surface area contributed by atoms with Crippen LogP contribution in [0.4, 0.5) is 17.3 Å². The number of carbonyl (C=O) groups is 1. The van der Waals surface area contributed by atoms with E-state index in [2.05, 4.69) is 47.1 Å². The zero-order chi connectivity index (χ0) is 23.4. The molecule has 2 fully saturated rings. The molecule has 2 N–H and O–H groups in total. The SMILES string of the molecule is CCc1nc(C(=O)N=N)c(Nc2ccc(N3CCC(N4CCN(C)CC4)CC3)cn2)nc1Cl. The van der Waals surface area contributed by atoms with Gasteiger partial charge in [-0.25, -0.2) is 20.5 Å². The van der Waals surface area contributed by atoms with Crippen LogP contribution in [-0.4, -0.2) is 83.0 Å². The predicted octanol–water partition coefficient (Wildman–Crippen LogP) is 3.22. The Morgan fingerprint density at radius 2 is 1.91 bits per heavy atom. The van der Waals surface area contributed by atoms with Gasteiger partial charge in [-0.3, -0.25) is 9.69 Å². The van der Waals surface area contributed by atoms with Crippen LogP contribution in [0.2, 0.25) is 5.15 Å². The number of nitrogens with one attached hydrogen (secondary N) is 2. The van der Waals surface area contributed by atoms with E-state index in [1.165, 1.54) is 0 Å². The summed E-state index contributed by atoms with van der Waals surface area (Å²) >= 11 is 6.18. The van der Waals surface area contributed by atoms with Gasteiger partial charge in [0.25, 0.3) is 0 Å². The van der Waals surface area contributed by atoms with Gasteiger partial charge in [-0.15, -0.1) is 5.11 Å². The maximum Gasteiger partial charge on any atom is 0.317 e. The summed E-state index contributed by atoms with van der Waals surface area (Å²) < 4.78 is 0. The van der Waals surface area contributed by atoms with Crippen LogP contribution in [0.3, 0.4) is 0 Å². The van der Waals surface area contributed by atoms with Gasteiger partial charge in [0.05, 0.1) is 17.6 Å². The number of aryl methyl sites for hydroxylation is 1. The molecule has 0 saturated carbocycles. The number of rotatable bonds is 6. The first kappa shape index (κ1) is 23.5. The Kier molecular flexibility index (Phi) is 7.46. The van der Waals surface area contributed by atoms with Crippen molar-refractivity contribution in [3.63, 3.8) is 0 Å². The highest BCUT2D eigenvalue weighted by Gasteiger charge is 2.27. The van der Waals surface area contributed by atoms with E-state index in [1.54, 1.807) is 0 Å². The molecule has 0 spiro atoms. The van der Waals surface area contributed by atoms with Crippen molar-refractivity contribution in [2.45, 2.75) is 32.2 Å². The molecule has 1 amide bonds. The second-order valence-electron chi connectivity index (χ2n) is 8.51. The molecular weight excluding hydrogens is 442 g/mol. The fourth-order valence-corrected chi connectivity index (χ4v) is 4.67. The zero-order valence-electron chi connectivity index (χ0n) is 19.1. The fourth-order valence-electron chi connectivity index (χ4n) is 4.41. The van der Waals surface area contributed by atoms with Crippen LogP contribution in [0, 0.1) is 5.53 Å². The van der Waals surface area contributed by atoms with E-state index < -0.39 is 5.91 Å². The molecule has 0 atom stereocenters. The molecule has 2 aliphatic heterocycles. The van der Waals surface area contributed by atoms with E-state index in [0.29, 0.717) is 24.0 Å². The fraction of sp³-hybridized carbons (Fsp3) is 0.545. The topological polar surface area (TPSA) is 114 Å². The molecule has 176 valence electrons. The molecule has 4 heterocycles. The van der Waals surface area contributed by atoms with Crippen molar-refractivity contribution in [1.82, 2.24) is 24.8 Å².